The van der Waals surface area contributed by atoms with Gasteiger partial charge in [-0.3, -0.25) is 4.79 Å². The Morgan fingerprint density at radius 1 is 1.47 bits per heavy atom. The zero-order valence-electron chi connectivity index (χ0n) is 9.84. The molecule has 1 aliphatic rings. The first-order valence-electron chi connectivity index (χ1n) is 5.72. The highest BCUT2D eigenvalue weighted by atomic mass is 19.1. The molecule has 0 amide bonds. The van der Waals surface area contributed by atoms with Crippen LogP contribution in [-0.2, 0) is 16.1 Å². The van der Waals surface area contributed by atoms with Crippen molar-refractivity contribution >= 4 is 16.9 Å². The molecule has 0 fully saturated rings. The van der Waals surface area contributed by atoms with Gasteiger partial charge in [0.05, 0.1) is 5.69 Å². The van der Waals surface area contributed by atoms with Crippen molar-refractivity contribution in [3.05, 3.63) is 48.2 Å². The molecule has 1 atom stereocenters. The van der Waals surface area contributed by atoms with Gasteiger partial charge in [0.15, 0.2) is 0 Å². The number of nitrogens with zero attached hydrogens (tertiary/aromatic N) is 1. The van der Waals surface area contributed by atoms with E-state index in [0.29, 0.717) is 16.6 Å². The molecule has 0 saturated heterocycles. The number of carboxylic acid groups (broad SMARTS) is 1. The Bertz CT molecular complexity index is 670. The molecule has 1 aromatic heterocycles. The first-order valence-corrected chi connectivity index (χ1v) is 5.72. The van der Waals surface area contributed by atoms with Crippen LogP contribution in [-0.4, -0.2) is 15.6 Å². The van der Waals surface area contributed by atoms with Crippen molar-refractivity contribution in [2.24, 2.45) is 0 Å². The number of fused-ring (bicyclic) bond motifs is 1. The topological polar surface area (TPSA) is 63.5 Å². The van der Waals surface area contributed by atoms with Crippen LogP contribution in [0.2, 0.25) is 0 Å². The number of carbonyl (C=O) groups is 1. The second-order valence-electron chi connectivity index (χ2n) is 4.24. The molecule has 1 unspecified atom stereocenters. The van der Waals surface area contributed by atoms with E-state index in [4.69, 9.17) is 9.84 Å². The maximum absolute atomic E-state index is 13.2. The van der Waals surface area contributed by atoms with Crippen LogP contribution >= 0.6 is 0 Å². The van der Waals surface area contributed by atoms with Crippen LogP contribution in [0.25, 0.3) is 10.9 Å². The smallest absolute Gasteiger partial charge is 0.323 e. The molecule has 0 spiro atoms. The predicted molar refractivity (Wildman–Crippen MR) is 65.6 cm³/mol. The van der Waals surface area contributed by atoms with E-state index in [9.17, 15) is 9.18 Å². The summed E-state index contributed by atoms with van der Waals surface area (Å²) < 4.78 is 20.2. The quantitative estimate of drug-likeness (QED) is 0.887. The minimum Gasteiger partial charge on any atom is -0.480 e. The van der Waals surface area contributed by atoms with Crippen molar-refractivity contribution in [1.29, 1.82) is 0 Å². The number of hydrogen-bond donors (Lipinski definition) is 2. The van der Waals surface area contributed by atoms with Crippen LogP contribution < -0.4 is 5.32 Å². The molecule has 0 radical (unpaired) electrons. The Labute approximate surface area is 107 Å². The standard InChI is InChI=1S/C13H11FN2O3/c14-9-1-2-10-8(5-9)6-11(13-15-3-4-19-13)16(10)7-12(17)18/h1-6,13,15H,7H2,(H,17,18). The number of aliphatic carboxylic acids is 1. The SMILES string of the molecule is O=C(O)Cn1c(C2NC=CO2)cc2cc(F)ccc21. The van der Waals surface area contributed by atoms with Crippen molar-refractivity contribution in [2.45, 2.75) is 12.8 Å². The lowest BCUT2D eigenvalue weighted by molar-refractivity contribution is -0.137. The fourth-order valence-electron chi connectivity index (χ4n) is 2.23. The Morgan fingerprint density at radius 2 is 2.32 bits per heavy atom. The minimum absolute atomic E-state index is 0.202. The third-order valence-electron chi connectivity index (χ3n) is 2.99. The Kier molecular flexibility index (Phi) is 2.63. The average Bonchev–Trinajstić information content (AvgIpc) is 2.96. The van der Waals surface area contributed by atoms with Gasteiger partial charge in [-0.2, -0.15) is 0 Å². The Balaban J connectivity index is 2.15. The van der Waals surface area contributed by atoms with Gasteiger partial charge in [-0.05, 0) is 24.3 Å². The number of ether oxygens (including phenoxy) is 1. The first-order chi connectivity index (χ1) is 9.15. The molecule has 19 heavy (non-hydrogen) atoms. The summed E-state index contributed by atoms with van der Waals surface area (Å²) in [5.41, 5.74) is 1.31. The predicted octanol–water partition coefficient (Wildman–Crippen LogP) is 1.95. The van der Waals surface area contributed by atoms with Crippen LogP contribution in [0.5, 0.6) is 0 Å². The molecule has 6 heteroatoms. The van der Waals surface area contributed by atoms with Crippen molar-refractivity contribution in [1.82, 2.24) is 9.88 Å². The molecule has 2 aromatic rings. The molecule has 1 aromatic carbocycles. The average molecular weight is 262 g/mol. The fraction of sp³-hybridized carbons (Fsp3) is 0.154. The van der Waals surface area contributed by atoms with Crippen LogP contribution in [0, 0.1) is 5.82 Å². The normalized spacial score (nSPS) is 17.4. The molecule has 2 N–H and O–H groups in total. The minimum atomic E-state index is -0.964. The highest BCUT2D eigenvalue weighted by molar-refractivity contribution is 5.83. The first kappa shape index (κ1) is 11.6. The summed E-state index contributed by atoms with van der Waals surface area (Å²) in [4.78, 5) is 11.0. The van der Waals surface area contributed by atoms with Gasteiger partial charge in [-0.25, -0.2) is 4.39 Å². The van der Waals surface area contributed by atoms with Gasteiger partial charge in [-0.1, -0.05) is 0 Å². The third kappa shape index (κ3) is 2.01. The molecule has 0 saturated carbocycles. The largest absolute Gasteiger partial charge is 0.480 e. The number of benzene rings is 1. The Morgan fingerprint density at radius 3 is 3.00 bits per heavy atom. The number of nitrogens with one attached hydrogen (secondary N) is 1. The number of rotatable bonds is 3. The summed E-state index contributed by atoms with van der Waals surface area (Å²) in [5.74, 6) is -1.32. The molecule has 0 bridgehead atoms. The van der Waals surface area contributed by atoms with E-state index in [1.165, 1.54) is 18.4 Å². The summed E-state index contributed by atoms with van der Waals surface area (Å²) >= 11 is 0. The van der Waals surface area contributed by atoms with Gasteiger partial charge >= 0.3 is 5.97 Å². The summed E-state index contributed by atoms with van der Waals surface area (Å²) in [6, 6.07) is 5.98. The van der Waals surface area contributed by atoms with E-state index in [0.717, 1.165) is 0 Å². The second kappa shape index (κ2) is 4.31. The van der Waals surface area contributed by atoms with Crippen LogP contribution in [0.15, 0.2) is 36.7 Å². The lowest BCUT2D eigenvalue weighted by Crippen LogP contribution is -2.19. The van der Waals surface area contributed by atoms with Crippen LogP contribution in [0.3, 0.4) is 0 Å². The van der Waals surface area contributed by atoms with E-state index >= 15 is 0 Å². The molecule has 3 rings (SSSR count). The number of hydrogen-bond acceptors (Lipinski definition) is 3. The molecular weight excluding hydrogens is 251 g/mol. The van der Waals surface area contributed by atoms with E-state index in [1.54, 1.807) is 22.9 Å². The van der Waals surface area contributed by atoms with Gasteiger partial charge in [0, 0.05) is 17.1 Å². The van der Waals surface area contributed by atoms with E-state index in [1.807, 2.05) is 0 Å². The summed E-state index contributed by atoms with van der Waals surface area (Å²) in [5, 5.41) is 12.6. The van der Waals surface area contributed by atoms with E-state index < -0.39 is 12.2 Å². The maximum Gasteiger partial charge on any atom is 0.323 e. The van der Waals surface area contributed by atoms with Gasteiger partial charge in [0.2, 0.25) is 6.23 Å². The zero-order valence-corrected chi connectivity index (χ0v) is 9.84. The lowest BCUT2D eigenvalue weighted by Gasteiger charge is -2.14. The summed E-state index contributed by atoms with van der Waals surface area (Å²) in [7, 11) is 0. The van der Waals surface area contributed by atoms with Crippen LogP contribution in [0.1, 0.15) is 11.9 Å². The summed E-state index contributed by atoms with van der Waals surface area (Å²) in [6.07, 6.45) is 2.68. The molecule has 5 nitrogen and oxygen atoms in total. The van der Waals surface area contributed by atoms with Crippen molar-refractivity contribution < 1.29 is 19.0 Å². The number of aromatic nitrogens is 1. The number of halogens is 1. The maximum atomic E-state index is 13.2. The molecule has 98 valence electrons. The molecule has 1 aliphatic heterocycles. The molecule has 2 heterocycles. The highest BCUT2D eigenvalue weighted by Gasteiger charge is 2.21. The molecule has 0 aliphatic carbocycles. The summed E-state index contributed by atoms with van der Waals surface area (Å²) in [6.45, 7) is -0.202. The van der Waals surface area contributed by atoms with Crippen molar-refractivity contribution in [3.8, 4) is 0 Å². The van der Waals surface area contributed by atoms with Crippen molar-refractivity contribution in [3.63, 3.8) is 0 Å². The monoisotopic (exact) mass is 262 g/mol. The lowest BCUT2D eigenvalue weighted by atomic mass is 10.2. The van der Waals surface area contributed by atoms with Crippen LogP contribution in [0.4, 0.5) is 4.39 Å². The second-order valence-corrected chi connectivity index (χ2v) is 4.24. The van der Waals surface area contributed by atoms with E-state index in [-0.39, 0.29) is 12.4 Å². The molecular formula is C13H11FN2O3. The van der Waals surface area contributed by atoms with Crippen molar-refractivity contribution in [2.75, 3.05) is 0 Å². The Hall–Kier alpha value is -2.50. The fourth-order valence-corrected chi connectivity index (χ4v) is 2.23. The highest BCUT2D eigenvalue weighted by Crippen LogP contribution is 2.27. The number of carboxylic acids is 1. The third-order valence-corrected chi connectivity index (χ3v) is 2.99. The van der Waals surface area contributed by atoms with Gasteiger partial charge < -0.3 is 19.7 Å². The zero-order chi connectivity index (χ0) is 13.4. The van der Waals surface area contributed by atoms with Gasteiger partial charge in [0.25, 0.3) is 0 Å². The van der Waals surface area contributed by atoms with E-state index in [2.05, 4.69) is 5.32 Å². The van der Waals surface area contributed by atoms with Gasteiger partial charge in [-0.15, -0.1) is 0 Å². The van der Waals surface area contributed by atoms with Gasteiger partial charge in [0.1, 0.15) is 18.6 Å².